The average molecular weight is 247 g/mol. The van der Waals surface area contributed by atoms with Crippen molar-refractivity contribution in [2.75, 3.05) is 13.7 Å². The van der Waals surface area contributed by atoms with Crippen LogP contribution >= 0.6 is 0 Å². The van der Waals surface area contributed by atoms with E-state index in [2.05, 4.69) is 5.32 Å². The lowest BCUT2D eigenvalue weighted by Crippen LogP contribution is -2.45. The summed E-state index contributed by atoms with van der Waals surface area (Å²) in [7, 11) is 1.34. The third-order valence-corrected chi connectivity index (χ3v) is 2.00. The number of carboxylic acid groups (broad SMARTS) is 1. The van der Waals surface area contributed by atoms with Gasteiger partial charge in [0.25, 0.3) is 0 Å². The molecule has 6 N–H and O–H groups in total. The van der Waals surface area contributed by atoms with E-state index in [1.807, 2.05) is 0 Å². The topological polar surface area (TPSA) is 145 Å². The molecule has 2 amide bonds. The number of carboxylic acids is 1. The molecule has 0 saturated carbocycles. The predicted octanol–water partition coefficient (Wildman–Crippen LogP) is -2.20. The zero-order valence-corrected chi connectivity index (χ0v) is 9.51. The lowest BCUT2D eigenvalue weighted by Gasteiger charge is -2.15. The fourth-order valence-electron chi connectivity index (χ4n) is 1.09. The molecular formula is C9H17N3O5. The van der Waals surface area contributed by atoms with Gasteiger partial charge in [-0.1, -0.05) is 0 Å². The molecule has 0 aromatic carbocycles. The number of aliphatic carboxylic acids is 1. The second kappa shape index (κ2) is 7.58. The molecule has 0 spiro atoms. The Morgan fingerprint density at radius 1 is 1.35 bits per heavy atom. The first-order valence-corrected chi connectivity index (χ1v) is 4.93. The minimum absolute atomic E-state index is 0.00803. The molecular weight excluding hydrogens is 230 g/mol. The molecule has 0 heterocycles. The van der Waals surface area contributed by atoms with Gasteiger partial charge in [0.2, 0.25) is 11.8 Å². The van der Waals surface area contributed by atoms with Crippen molar-refractivity contribution in [2.45, 2.75) is 25.0 Å². The van der Waals surface area contributed by atoms with E-state index in [0.717, 1.165) is 0 Å². The Morgan fingerprint density at radius 2 is 1.94 bits per heavy atom. The van der Waals surface area contributed by atoms with Crippen molar-refractivity contribution in [1.29, 1.82) is 0 Å². The summed E-state index contributed by atoms with van der Waals surface area (Å²) in [6, 6.07) is -1.03. The quantitative estimate of drug-likeness (QED) is 0.383. The fraction of sp³-hybridized carbons (Fsp3) is 0.667. The van der Waals surface area contributed by atoms with Crippen LogP contribution < -0.4 is 16.8 Å². The van der Waals surface area contributed by atoms with Gasteiger partial charge in [-0.3, -0.25) is 14.4 Å². The third kappa shape index (κ3) is 7.25. The highest BCUT2D eigenvalue weighted by Gasteiger charge is 2.18. The lowest BCUT2D eigenvalue weighted by molar-refractivity contribution is -0.140. The Labute approximate surface area is 98.3 Å². The summed E-state index contributed by atoms with van der Waals surface area (Å²) in [5, 5.41) is 10.9. The molecule has 0 aliphatic rings. The van der Waals surface area contributed by atoms with Crippen molar-refractivity contribution in [1.82, 2.24) is 5.32 Å². The largest absolute Gasteiger partial charge is 0.481 e. The van der Waals surface area contributed by atoms with Crippen molar-refractivity contribution in [3.05, 3.63) is 0 Å². The number of methoxy groups -OCH3 is 1. The fourth-order valence-corrected chi connectivity index (χ4v) is 1.09. The van der Waals surface area contributed by atoms with Gasteiger partial charge in [-0.15, -0.1) is 0 Å². The van der Waals surface area contributed by atoms with E-state index >= 15 is 0 Å². The number of hydrogen-bond acceptors (Lipinski definition) is 5. The number of rotatable bonds is 8. The first-order valence-electron chi connectivity index (χ1n) is 4.93. The number of amides is 2. The number of carbonyl (C=O) groups is 3. The maximum absolute atomic E-state index is 11.3. The number of carbonyl (C=O) groups excluding carboxylic acids is 2. The molecule has 0 radical (unpaired) electrons. The van der Waals surface area contributed by atoms with Gasteiger partial charge in [0.05, 0.1) is 25.0 Å². The van der Waals surface area contributed by atoms with Crippen molar-refractivity contribution in [3.8, 4) is 0 Å². The van der Waals surface area contributed by atoms with Crippen LogP contribution in [0.5, 0.6) is 0 Å². The van der Waals surface area contributed by atoms with E-state index in [1.54, 1.807) is 0 Å². The number of ether oxygens (including phenoxy) is 1. The van der Waals surface area contributed by atoms with Crippen LogP contribution in [0.25, 0.3) is 0 Å². The zero-order chi connectivity index (χ0) is 13.4. The maximum atomic E-state index is 11.3. The second-order valence-electron chi connectivity index (χ2n) is 3.48. The highest BCUT2D eigenvalue weighted by molar-refractivity contribution is 5.87. The van der Waals surface area contributed by atoms with Crippen LogP contribution in [-0.2, 0) is 19.1 Å². The van der Waals surface area contributed by atoms with Gasteiger partial charge in [-0.2, -0.15) is 0 Å². The Hall–Kier alpha value is -1.67. The third-order valence-electron chi connectivity index (χ3n) is 2.00. The standard InChI is InChI=1S/C9H17N3O5/c1-17-5(2-8(14)15)4-12-9(16)6(10)3-7(11)13/h5-6H,2-4,10H2,1H3,(H2,11,13)(H,12,16)(H,14,15). The molecule has 0 aromatic rings. The van der Waals surface area contributed by atoms with Gasteiger partial charge >= 0.3 is 5.97 Å². The Balaban J connectivity index is 4.03. The van der Waals surface area contributed by atoms with Crippen LogP contribution in [0.2, 0.25) is 0 Å². The number of hydrogen-bond donors (Lipinski definition) is 4. The van der Waals surface area contributed by atoms with Gasteiger partial charge in [-0.05, 0) is 0 Å². The van der Waals surface area contributed by atoms with Gasteiger partial charge in [-0.25, -0.2) is 0 Å². The van der Waals surface area contributed by atoms with E-state index in [4.69, 9.17) is 21.3 Å². The van der Waals surface area contributed by atoms with Crippen LogP contribution in [0.4, 0.5) is 0 Å². The van der Waals surface area contributed by atoms with Crippen LogP contribution in [0.15, 0.2) is 0 Å². The van der Waals surface area contributed by atoms with Crippen molar-refractivity contribution >= 4 is 17.8 Å². The molecule has 0 aliphatic carbocycles. The van der Waals surface area contributed by atoms with Crippen molar-refractivity contribution in [3.63, 3.8) is 0 Å². The first-order chi connectivity index (χ1) is 7.86. The molecule has 0 aromatic heterocycles. The van der Waals surface area contributed by atoms with E-state index < -0.39 is 29.9 Å². The minimum atomic E-state index is -1.03. The molecule has 2 atom stereocenters. The summed E-state index contributed by atoms with van der Waals surface area (Å²) >= 11 is 0. The van der Waals surface area contributed by atoms with E-state index in [1.165, 1.54) is 7.11 Å². The first kappa shape index (κ1) is 15.3. The average Bonchev–Trinajstić information content (AvgIpc) is 2.22. The highest BCUT2D eigenvalue weighted by atomic mass is 16.5. The Kier molecular flexibility index (Phi) is 6.83. The Bertz CT molecular complexity index is 294. The normalized spacial score (nSPS) is 13.8. The minimum Gasteiger partial charge on any atom is -0.481 e. The molecule has 0 rings (SSSR count). The molecule has 0 saturated heterocycles. The molecule has 8 heteroatoms. The summed E-state index contributed by atoms with van der Waals surface area (Å²) in [6.07, 6.45) is -1.14. The number of nitrogens with two attached hydrogens (primary N) is 2. The molecule has 0 bridgehead atoms. The van der Waals surface area contributed by atoms with E-state index in [0.29, 0.717) is 0 Å². The Morgan fingerprint density at radius 3 is 2.35 bits per heavy atom. The number of nitrogens with one attached hydrogen (secondary N) is 1. The summed E-state index contributed by atoms with van der Waals surface area (Å²) in [5.74, 6) is -2.29. The van der Waals surface area contributed by atoms with Crippen LogP contribution in [0.3, 0.4) is 0 Å². The molecule has 8 nitrogen and oxygen atoms in total. The molecule has 0 fully saturated rings. The monoisotopic (exact) mass is 247 g/mol. The van der Waals surface area contributed by atoms with Crippen LogP contribution in [-0.4, -0.2) is 48.7 Å². The van der Waals surface area contributed by atoms with Crippen molar-refractivity contribution in [2.24, 2.45) is 11.5 Å². The summed E-state index contributed by atoms with van der Waals surface area (Å²) in [5.41, 5.74) is 10.3. The lowest BCUT2D eigenvalue weighted by atomic mass is 10.2. The zero-order valence-electron chi connectivity index (χ0n) is 9.51. The summed E-state index contributed by atoms with van der Waals surface area (Å²) < 4.78 is 4.84. The maximum Gasteiger partial charge on any atom is 0.306 e. The van der Waals surface area contributed by atoms with E-state index in [9.17, 15) is 14.4 Å². The molecule has 98 valence electrons. The van der Waals surface area contributed by atoms with E-state index in [-0.39, 0.29) is 19.4 Å². The smallest absolute Gasteiger partial charge is 0.306 e. The highest BCUT2D eigenvalue weighted by Crippen LogP contribution is 1.96. The molecule has 17 heavy (non-hydrogen) atoms. The van der Waals surface area contributed by atoms with Crippen molar-refractivity contribution < 1.29 is 24.2 Å². The van der Waals surface area contributed by atoms with Crippen LogP contribution in [0.1, 0.15) is 12.8 Å². The summed E-state index contributed by atoms with van der Waals surface area (Å²) in [4.78, 5) is 32.3. The number of primary amides is 1. The van der Waals surface area contributed by atoms with Gasteiger partial charge in [0.15, 0.2) is 0 Å². The van der Waals surface area contributed by atoms with Gasteiger partial charge < -0.3 is 26.6 Å². The second-order valence-corrected chi connectivity index (χ2v) is 3.48. The van der Waals surface area contributed by atoms with Crippen LogP contribution in [0, 0.1) is 0 Å². The SMILES string of the molecule is COC(CNC(=O)C(N)CC(N)=O)CC(=O)O. The molecule has 2 unspecified atom stereocenters. The van der Waals surface area contributed by atoms with Gasteiger partial charge in [0.1, 0.15) is 0 Å². The van der Waals surface area contributed by atoms with Gasteiger partial charge in [0, 0.05) is 13.7 Å². The molecule has 0 aliphatic heterocycles. The predicted molar refractivity (Wildman–Crippen MR) is 57.8 cm³/mol. The summed E-state index contributed by atoms with van der Waals surface area (Å²) in [6.45, 7) is 0.00803.